The molecular weight excluding hydrogens is 140 g/mol. The molecule has 0 aromatic carbocycles. The molecule has 0 unspecified atom stereocenters. The molecule has 1 aromatic rings. The summed E-state index contributed by atoms with van der Waals surface area (Å²) in [7, 11) is 0. The highest BCUT2D eigenvalue weighted by molar-refractivity contribution is 5.63. The van der Waals surface area contributed by atoms with Crippen LogP contribution in [-0.2, 0) is 4.84 Å². The van der Waals surface area contributed by atoms with Crippen molar-refractivity contribution in [2.24, 2.45) is 0 Å². The quantitative estimate of drug-likeness (QED) is 0.644. The van der Waals surface area contributed by atoms with Crippen molar-refractivity contribution in [3.63, 3.8) is 0 Å². The molecule has 0 saturated heterocycles. The standard InChI is InChI=1S/C8H8N2O/c1-2-7(6-9-4-1)8-3-5-11-10-8/h1-4,6,10H,5H2. The average Bonchev–Trinajstić information content (AvgIpc) is 2.58. The van der Waals surface area contributed by atoms with E-state index in [9.17, 15) is 0 Å². The Morgan fingerprint density at radius 1 is 1.55 bits per heavy atom. The number of hydrogen-bond donors (Lipinski definition) is 1. The maximum absolute atomic E-state index is 4.94. The molecule has 0 saturated carbocycles. The number of nitrogens with zero attached hydrogens (tertiary/aromatic N) is 1. The van der Waals surface area contributed by atoms with E-state index < -0.39 is 0 Å². The van der Waals surface area contributed by atoms with Crippen LogP contribution in [0, 0.1) is 0 Å². The summed E-state index contributed by atoms with van der Waals surface area (Å²) in [5, 5.41) is 0. The smallest absolute Gasteiger partial charge is 0.0951 e. The van der Waals surface area contributed by atoms with Crippen LogP contribution in [0.15, 0.2) is 30.6 Å². The van der Waals surface area contributed by atoms with E-state index in [1.165, 1.54) is 0 Å². The molecule has 1 aliphatic rings. The summed E-state index contributed by atoms with van der Waals surface area (Å²) < 4.78 is 0. The Balaban J connectivity index is 2.29. The van der Waals surface area contributed by atoms with Gasteiger partial charge in [0.15, 0.2) is 0 Å². The van der Waals surface area contributed by atoms with Gasteiger partial charge in [-0.1, -0.05) is 0 Å². The van der Waals surface area contributed by atoms with Crippen molar-refractivity contribution in [3.8, 4) is 0 Å². The van der Waals surface area contributed by atoms with Gasteiger partial charge in [0, 0.05) is 18.0 Å². The molecule has 0 radical (unpaired) electrons. The summed E-state index contributed by atoms with van der Waals surface area (Å²) >= 11 is 0. The molecule has 1 aromatic heterocycles. The average molecular weight is 148 g/mol. The van der Waals surface area contributed by atoms with E-state index in [-0.39, 0.29) is 0 Å². The summed E-state index contributed by atoms with van der Waals surface area (Å²) in [4.78, 5) is 8.93. The van der Waals surface area contributed by atoms with Crippen molar-refractivity contribution >= 4 is 5.70 Å². The fourth-order valence-electron chi connectivity index (χ4n) is 0.985. The molecule has 3 nitrogen and oxygen atoms in total. The highest BCUT2D eigenvalue weighted by Gasteiger charge is 2.04. The second kappa shape index (κ2) is 2.72. The lowest BCUT2D eigenvalue weighted by atomic mass is 10.2. The third-order valence-corrected chi connectivity index (χ3v) is 1.53. The number of pyridine rings is 1. The summed E-state index contributed by atoms with van der Waals surface area (Å²) in [6.07, 6.45) is 5.53. The van der Waals surface area contributed by atoms with Crippen LogP contribution in [0.25, 0.3) is 5.70 Å². The van der Waals surface area contributed by atoms with Crippen molar-refractivity contribution < 1.29 is 4.84 Å². The number of nitrogens with one attached hydrogen (secondary N) is 1. The molecule has 3 heteroatoms. The van der Waals surface area contributed by atoms with Gasteiger partial charge in [0.2, 0.25) is 0 Å². The van der Waals surface area contributed by atoms with E-state index in [2.05, 4.69) is 10.5 Å². The fraction of sp³-hybridized carbons (Fsp3) is 0.125. The summed E-state index contributed by atoms with van der Waals surface area (Å²) in [5.41, 5.74) is 4.85. The number of hydroxylamine groups is 1. The van der Waals surface area contributed by atoms with Crippen LogP contribution < -0.4 is 5.48 Å². The molecule has 1 aliphatic heterocycles. The van der Waals surface area contributed by atoms with Crippen molar-refractivity contribution in [2.45, 2.75) is 0 Å². The minimum atomic E-state index is 0.629. The van der Waals surface area contributed by atoms with E-state index in [1.54, 1.807) is 12.4 Å². The van der Waals surface area contributed by atoms with Crippen LogP contribution in [0.1, 0.15) is 5.56 Å². The predicted octanol–water partition coefficient (Wildman–Crippen LogP) is 0.957. The topological polar surface area (TPSA) is 34.2 Å². The van der Waals surface area contributed by atoms with Crippen LogP contribution in [-0.4, -0.2) is 11.6 Å². The minimum Gasteiger partial charge on any atom is -0.272 e. The molecule has 1 N–H and O–H groups in total. The lowest BCUT2D eigenvalue weighted by molar-refractivity contribution is 0.121. The summed E-state index contributed by atoms with van der Waals surface area (Å²) in [5.74, 6) is 0. The van der Waals surface area contributed by atoms with E-state index in [0.717, 1.165) is 11.3 Å². The van der Waals surface area contributed by atoms with Gasteiger partial charge in [0.25, 0.3) is 0 Å². The molecule has 11 heavy (non-hydrogen) atoms. The monoisotopic (exact) mass is 148 g/mol. The lowest BCUT2D eigenvalue weighted by Crippen LogP contribution is -2.04. The van der Waals surface area contributed by atoms with Crippen molar-refractivity contribution in [2.75, 3.05) is 6.61 Å². The van der Waals surface area contributed by atoms with Gasteiger partial charge in [-0.3, -0.25) is 15.3 Å². The van der Waals surface area contributed by atoms with Crippen LogP contribution >= 0.6 is 0 Å². The Labute approximate surface area is 64.7 Å². The summed E-state index contributed by atoms with van der Waals surface area (Å²) in [6.45, 7) is 0.629. The zero-order valence-corrected chi connectivity index (χ0v) is 5.95. The highest BCUT2D eigenvalue weighted by atomic mass is 16.6. The predicted molar refractivity (Wildman–Crippen MR) is 41.3 cm³/mol. The first-order valence-corrected chi connectivity index (χ1v) is 3.45. The summed E-state index contributed by atoms with van der Waals surface area (Å²) in [6, 6.07) is 3.89. The second-order valence-electron chi connectivity index (χ2n) is 2.27. The largest absolute Gasteiger partial charge is 0.272 e. The molecule has 56 valence electrons. The first-order valence-electron chi connectivity index (χ1n) is 3.45. The molecular formula is C8H8N2O. The van der Waals surface area contributed by atoms with Gasteiger partial charge in [-0.2, -0.15) is 0 Å². The van der Waals surface area contributed by atoms with Crippen molar-refractivity contribution in [1.29, 1.82) is 0 Å². The third-order valence-electron chi connectivity index (χ3n) is 1.53. The highest BCUT2D eigenvalue weighted by Crippen LogP contribution is 2.12. The fourth-order valence-corrected chi connectivity index (χ4v) is 0.985. The molecule has 0 amide bonds. The molecule has 0 aliphatic carbocycles. The SMILES string of the molecule is C1=C(c2cccnc2)NOC1. The van der Waals surface area contributed by atoms with Crippen LogP contribution in [0.3, 0.4) is 0 Å². The van der Waals surface area contributed by atoms with Gasteiger partial charge >= 0.3 is 0 Å². The van der Waals surface area contributed by atoms with Gasteiger partial charge in [-0.15, -0.1) is 0 Å². The van der Waals surface area contributed by atoms with E-state index in [1.807, 2.05) is 18.2 Å². The molecule has 2 heterocycles. The zero-order valence-electron chi connectivity index (χ0n) is 5.95. The first-order chi connectivity index (χ1) is 5.47. The normalized spacial score (nSPS) is 15.8. The molecule has 0 fully saturated rings. The van der Waals surface area contributed by atoms with Crippen molar-refractivity contribution in [3.05, 3.63) is 36.2 Å². The Bertz CT molecular complexity index is 269. The van der Waals surface area contributed by atoms with Crippen molar-refractivity contribution in [1.82, 2.24) is 10.5 Å². The zero-order chi connectivity index (χ0) is 7.52. The van der Waals surface area contributed by atoms with Crippen LogP contribution in [0.5, 0.6) is 0 Å². The Morgan fingerprint density at radius 3 is 3.18 bits per heavy atom. The van der Waals surface area contributed by atoms with Gasteiger partial charge in [0.1, 0.15) is 0 Å². The third kappa shape index (κ3) is 1.23. The maximum atomic E-state index is 4.94. The molecule has 0 bridgehead atoms. The molecule has 0 spiro atoms. The number of aromatic nitrogens is 1. The lowest BCUT2D eigenvalue weighted by Gasteiger charge is -2.00. The van der Waals surface area contributed by atoms with Crippen LogP contribution in [0.4, 0.5) is 0 Å². The van der Waals surface area contributed by atoms with E-state index in [0.29, 0.717) is 6.61 Å². The minimum absolute atomic E-state index is 0.629. The Hall–Kier alpha value is -1.35. The number of hydrogen-bond acceptors (Lipinski definition) is 3. The van der Waals surface area contributed by atoms with Gasteiger partial charge in [-0.05, 0) is 18.2 Å². The van der Waals surface area contributed by atoms with E-state index >= 15 is 0 Å². The Kier molecular flexibility index (Phi) is 1.57. The Morgan fingerprint density at radius 2 is 2.55 bits per heavy atom. The maximum Gasteiger partial charge on any atom is 0.0951 e. The molecule has 2 rings (SSSR count). The second-order valence-corrected chi connectivity index (χ2v) is 2.27. The van der Waals surface area contributed by atoms with Gasteiger partial charge in [-0.25, -0.2) is 0 Å². The van der Waals surface area contributed by atoms with Gasteiger partial charge in [0.05, 0.1) is 12.3 Å². The number of rotatable bonds is 1. The van der Waals surface area contributed by atoms with Crippen LogP contribution in [0.2, 0.25) is 0 Å². The van der Waals surface area contributed by atoms with E-state index in [4.69, 9.17) is 4.84 Å². The molecule has 0 atom stereocenters. The van der Waals surface area contributed by atoms with Gasteiger partial charge < -0.3 is 0 Å². The first kappa shape index (κ1) is 6.37.